The molecule has 1 fully saturated rings. The topological polar surface area (TPSA) is 32.3 Å². The van der Waals surface area contributed by atoms with Crippen molar-refractivity contribution in [1.29, 1.82) is 0 Å². The molecule has 2 aromatic carbocycles. The Morgan fingerprint density at radius 2 is 1.96 bits per heavy atom. The fourth-order valence-corrected chi connectivity index (χ4v) is 4.30. The highest BCUT2D eigenvalue weighted by Crippen LogP contribution is 2.36. The number of halogens is 1. The summed E-state index contributed by atoms with van der Waals surface area (Å²) in [6.45, 7) is 2.70. The monoisotopic (exact) mass is 352 g/mol. The summed E-state index contributed by atoms with van der Waals surface area (Å²) in [4.78, 5) is 15.2. The van der Waals surface area contributed by atoms with E-state index in [1.54, 1.807) is 0 Å². The van der Waals surface area contributed by atoms with Gasteiger partial charge in [-0.25, -0.2) is 4.39 Å². The number of carbonyl (C=O) groups excluding carboxylic acids is 1. The first-order valence-electron chi connectivity index (χ1n) is 9.56. The van der Waals surface area contributed by atoms with E-state index in [2.05, 4.69) is 17.4 Å². The molecule has 3 nitrogen and oxygen atoms in total. The summed E-state index contributed by atoms with van der Waals surface area (Å²) in [5.41, 5.74) is 3.43. The van der Waals surface area contributed by atoms with Gasteiger partial charge in [0.25, 0.3) is 0 Å². The molecule has 4 rings (SSSR count). The second-order valence-corrected chi connectivity index (χ2v) is 7.41. The van der Waals surface area contributed by atoms with Gasteiger partial charge in [0.15, 0.2) is 0 Å². The minimum absolute atomic E-state index is 0.121. The van der Waals surface area contributed by atoms with Gasteiger partial charge in [0.1, 0.15) is 5.82 Å². The second kappa shape index (κ2) is 7.58. The molecular weight excluding hydrogens is 327 g/mol. The van der Waals surface area contributed by atoms with Crippen LogP contribution >= 0.6 is 0 Å². The molecule has 4 heteroatoms. The van der Waals surface area contributed by atoms with Crippen LogP contribution in [-0.4, -0.2) is 30.4 Å². The van der Waals surface area contributed by atoms with Crippen LogP contribution in [0.2, 0.25) is 0 Å². The minimum atomic E-state index is -0.246. The van der Waals surface area contributed by atoms with Crippen LogP contribution in [0, 0.1) is 11.7 Å². The van der Waals surface area contributed by atoms with Crippen LogP contribution in [0.1, 0.15) is 42.0 Å². The average molecular weight is 352 g/mol. The molecule has 2 aromatic rings. The van der Waals surface area contributed by atoms with E-state index in [0.29, 0.717) is 12.3 Å². The van der Waals surface area contributed by atoms with E-state index >= 15 is 0 Å². The third-order valence-corrected chi connectivity index (χ3v) is 5.65. The van der Waals surface area contributed by atoms with Gasteiger partial charge in [-0.3, -0.25) is 4.79 Å². The Balaban J connectivity index is 1.64. The van der Waals surface area contributed by atoms with E-state index in [1.165, 1.54) is 23.3 Å². The molecule has 0 unspecified atom stereocenters. The summed E-state index contributed by atoms with van der Waals surface area (Å²) in [5, 5.41) is 3.40. The van der Waals surface area contributed by atoms with Crippen molar-refractivity contribution < 1.29 is 9.18 Å². The first-order chi connectivity index (χ1) is 12.7. The molecule has 0 bridgehead atoms. The van der Waals surface area contributed by atoms with Gasteiger partial charge in [-0.15, -0.1) is 0 Å². The van der Waals surface area contributed by atoms with Crippen molar-refractivity contribution >= 4 is 5.91 Å². The smallest absolute Gasteiger partial charge is 0.223 e. The molecule has 2 aliphatic heterocycles. The lowest BCUT2D eigenvalue weighted by molar-refractivity contribution is -0.134. The lowest BCUT2D eigenvalue weighted by Crippen LogP contribution is -2.42. The number of nitrogens with one attached hydrogen (secondary N) is 1. The summed E-state index contributed by atoms with van der Waals surface area (Å²) in [6.07, 6.45) is 3.72. The molecule has 0 spiro atoms. The molecule has 0 aliphatic carbocycles. The summed E-state index contributed by atoms with van der Waals surface area (Å²) in [6, 6.07) is 14.8. The maximum absolute atomic E-state index is 13.4. The minimum Gasteiger partial charge on any atom is -0.331 e. The SMILES string of the molecule is O=C(C[C@H]1CCCNC1)N1CCc2ccccc2[C@@H]1c1ccc(F)cc1. The quantitative estimate of drug-likeness (QED) is 0.914. The molecule has 2 aliphatic rings. The first-order valence-corrected chi connectivity index (χ1v) is 9.56. The number of hydrogen-bond acceptors (Lipinski definition) is 2. The Morgan fingerprint density at radius 3 is 2.73 bits per heavy atom. The Bertz CT molecular complexity index is 768. The van der Waals surface area contributed by atoms with Gasteiger partial charge >= 0.3 is 0 Å². The van der Waals surface area contributed by atoms with E-state index in [9.17, 15) is 9.18 Å². The van der Waals surface area contributed by atoms with Crippen LogP contribution in [0.15, 0.2) is 48.5 Å². The zero-order valence-corrected chi connectivity index (χ0v) is 15.0. The summed E-state index contributed by atoms with van der Waals surface area (Å²) in [7, 11) is 0. The fraction of sp³-hybridized carbons (Fsp3) is 0.409. The van der Waals surface area contributed by atoms with Crippen LogP contribution in [0.25, 0.3) is 0 Å². The molecular formula is C22H25FN2O. The van der Waals surface area contributed by atoms with Gasteiger partial charge in [0.05, 0.1) is 6.04 Å². The number of piperidine rings is 1. The van der Waals surface area contributed by atoms with Crippen molar-refractivity contribution in [2.24, 2.45) is 5.92 Å². The molecule has 0 saturated carbocycles. The fourth-order valence-electron chi connectivity index (χ4n) is 4.30. The van der Waals surface area contributed by atoms with Crippen LogP contribution in [0.4, 0.5) is 4.39 Å². The molecule has 136 valence electrons. The lowest BCUT2D eigenvalue weighted by atomic mass is 9.87. The van der Waals surface area contributed by atoms with Crippen LogP contribution in [0.3, 0.4) is 0 Å². The van der Waals surface area contributed by atoms with Crippen molar-refractivity contribution in [1.82, 2.24) is 10.2 Å². The van der Waals surface area contributed by atoms with E-state index in [4.69, 9.17) is 0 Å². The third kappa shape index (κ3) is 3.51. The van der Waals surface area contributed by atoms with Gasteiger partial charge in [-0.05, 0) is 67.1 Å². The molecule has 1 amide bonds. The Kier molecular flexibility index (Phi) is 5.02. The van der Waals surface area contributed by atoms with E-state index in [-0.39, 0.29) is 17.8 Å². The van der Waals surface area contributed by atoms with Gasteiger partial charge in [-0.2, -0.15) is 0 Å². The van der Waals surface area contributed by atoms with Gasteiger partial charge in [0, 0.05) is 13.0 Å². The normalized spacial score (nSPS) is 22.7. The number of amides is 1. The van der Waals surface area contributed by atoms with Gasteiger partial charge in [-0.1, -0.05) is 36.4 Å². The zero-order valence-electron chi connectivity index (χ0n) is 15.0. The molecule has 2 atom stereocenters. The number of nitrogens with zero attached hydrogens (tertiary/aromatic N) is 1. The second-order valence-electron chi connectivity index (χ2n) is 7.41. The molecule has 26 heavy (non-hydrogen) atoms. The van der Waals surface area contributed by atoms with Crippen molar-refractivity contribution in [2.75, 3.05) is 19.6 Å². The third-order valence-electron chi connectivity index (χ3n) is 5.65. The van der Waals surface area contributed by atoms with E-state index < -0.39 is 0 Å². The Labute approximate surface area is 154 Å². The van der Waals surface area contributed by atoms with E-state index in [1.807, 2.05) is 29.2 Å². The Hall–Kier alpha value is -2.20. The van der Waals surface area contributed by atoms with Crippen molar-refractivity contribution in [3.63, 3.8) is 0 Å². The number of hydrogen-bond donors (Lipinski definition) is 1. The number of benzene rings is 2. The predicted molar refractivity (Wildman–Crippen MR) is 100 cm³/mol. The van der Waals surface area contributed by atoms with Crippen molar-refractivity contribution in [2.45, 2.75) is 31.7 Å². The number of carbonyl (C=O) groups is 1. The van der Waals surface area contributed by atoms with Crippen LogP contribution in [0.5, 0.6) is 0 Å². The molecule has 2 heterocycles. The maximum atomic E-state index is 13.4. The molecule has 0 aromatic heterocycles. The largest absolute Gasteiger partial charge is 0.331 e. The number of fused-ring (bicyclic) bond motifs is 1. The first kappa shape index (κ1) is 17.2. The van der Waals surface area contributed by atoms with Crippen LogP contribution in [-0.2, 0) is 11.2 Å². The molecule has 0 radical (unpaired) electrons. The standard InChI is InChI=1S/C22H25FN2O/c23-19-9-7-18(8-10-19)22-20-6-2-1-5-17(20)11-13-25(22)21(26)14-16-4-3-12-24-15-16/h1-2,5-10,16,22,24H,3-4,11-15H2/t16-,22+/m1/s1. The summed E-state index contributed by atoms with van der Waals surface area (Å²) >= 11 is 0. The number of rotatable bonds is 3. The highest BCUT2D eigenvalue weighted by atomic mass is 19.1. The van der Waals surface area contributed by atoms with Crippen LogP contribution < -0.4 is 5.32 Å². The summed E-state index contributed by atoms with van der Waals surface area (Å²) in [5.74, 6) is 0.383. The predicted octanol–water partition coefficient (Wildman–Crippen LogP) is 3.69. The Morgan fingerprint density at radius 1 is 1.15 bits per heavy atom. The summed E-state index contributed by atoms with van der Waals surface area (Å²) < 4.78 is 13.4. The highest BCUT2D eigenvalue weighted by molar-refractivity contribution is 5.78. The zero-order chi connectivity index (χ0) is 17.9. The van der Waals surface area contributed by atoms with Crippen molar-refractivity contribution in [3.8, 4) is 0 Å². The maximum Gasteiger partial charge on any atom is 0.223 e. The lowest BCUT2D eigenvalue weighted by Gasteiger charge is -2.39. The highest BCUT2D eigenvalue weighted by Gasteiger charge is 2.32. The molecule has 1 saturated heterocycles. The van der Waals surface area contributed by atoms with Crippen molar-refractivity contribution in [3.05, 3.63) is 71.0 Å². The average Bonchev–Trinajstić information content (AvgIpc) is 2.68. The van der Waals surface area contributed by atoms with Gasteiger partial charge in [0.2, 0.25) is 5.91 Å². The molecule has 1 N–H and O–H groups in total. The van der Waals surface area contributed by atoms with E-state index in [0.717, 1.165) is 44.5 Å². The van der Waals surface area contributed by atoms with Gasteiger partial charge < -0.3 is 10.2 Å².